The van der Waals surface area contributed by atoms with Crippen molar-refractivity contribution in [2.45, 2.75) is 11.8 Å². The van der Waals surface area contributed by atoms with Gasteiger partial charge in [-0.05, 0) is 36.6 Å². The number of rotatable bonds is 3. The van der Waals surface area contributed by atoms with Crippen LogP contribution in [-0.4, -0.2) is 31.2 Å². The van der Waals surface area contributed by atoms with Crippen LogP contribution in [0, 0.1) is 6.92 Å². The zero-order valence-corrected chi connectivity index (χ0v) is 9.93. The number of aryl methyl sites for hydroxylation is 1. The van der Waals surface area contributed by atoms with Crippen molar-refractivity contribution in [3.8, 4) is 0 Å². The average molecular weight is 224 g/mol. The quantitative estimate of drug-likeness (QED) is 0.796. The maximum Gasteiger partial charge on any atom is 0.109 e. The first-order valence-electron chi connectivity index (χ1n) is 5.08. The predicted molar refractivity (Wildman–Crippen MR) is 64.1 cm³/mol. The third-order valence-corrected chi connectivity index (χ3v) is 3.61. The van der Waals surface area contributed by atoms with E-state index in [1.54, 1.807) is 11.9 Å². The van der Waals surface area contributed by atoms with E-state index in [1.807, 2.05) is 7.05 Å². The molecule has 0 atom stereocenters. The van der Waals surface area contributed by atoms with E-state index in [4.69, 9.17) is 4.74 Å². The van der Waals surface area contributed by atoms with Crippen LogP contribution in [0.1, 0.15) is 5.56 Å². The predicted octanol–water partition coefficient (Wildman–Crippen LogP) is 2.33. The molecule has 0 amide bonds. The van der Waals surface area contributed by atoms with Crippen LogP contribution < -0.4 is 5.32 Å². The van der Waals surface area contributed by atoms with Gasteiger partial charge in [0.25, 0.3) is 0 Å². The average Bonchev–Trinajstić information content (AvgIpc) is 2.74. The second-order valence-electron chi connectivity index (χ2n) is 3.56. The van der Waals surface area contributed by atoms with Crippen LogP contribution in [0.2, 0.25) is 0 Å². The smallest absolute Gasteiger partial charge is 0.109 e. The number of nitrogens with zero attached hydrogens (tertiary/aromatic N) is 1. The van der Waals surface area contributed by atoms with E-state index in [-0.39, 0.29) is 0 Å². The molecule has 4 heteroatoms. The summed E-state index contributed by atoms with van der Waals surface area (Å²) in [6, 6.07) is 6.42. The van der Waals surface area contributed by atoms with Gasteiger partial charge in [-0.25, -0.2) is 4.31 Å². The molecule has 82 valence electrons. The summed E-state index contributed by atoms with van der Waals surface area (Å²) in [5.41, 5.74) is 2.47. The van der Waals surface area contributed by atoms with E-state index in [1.165, 1.54) is 10.5 Å². The molecule has 1 aliphatic heterocycles. The van der Waals surface area contributed by atoms with Crippen LogP contribution in [-0.2, 0) is 4.74 Å². The van der Waals surface area contributed by atoms with Crippen molar-refractivity contribution in [3.63, 3.8) is 0 Å². The molecule has 3 nitrogen and oxygen atoms in total. The van der Waals surface area contributed by atoms with Crippen molar-refractivity contribution in [2.75, 3.05) is 32.2 Å². The summed E-state index contributed by atoms with van der Waals surface area (Å²) in [5.74, 6) is 0. The molecule has 1 fully saturated rings. The van der Waals surface area contributed by atoms with Gasteiger partial charge in [-0.1, -0.05) is 6.07 Å². The molecule has 1 N–H and O–H groups in total. The van der Waals surface area contributed by atoms with Gasteiger partial charge in [-0.2, -0.15) is 0 Å². The zero-order chi connectivity index (χ0) is 10.7. The maximum absolute atomic E-state index is 5.32. The van der Waals surface area contributed by atoms with E-state index in [9.17, 15) is 0 Å². The van der Waals surface area contributed by atoms with E-state index in [0.29, 0.717) is 0 Å². The molecule has 0 aromatic heterocycles. The second-order valence-corrected chi connectivity index (χ2v) is 4.70. The fourth-order valence-corrected chi connectivity index (χ4v) is 2.43. The normalized spacial score (nSPS) is 16.9. The summed E-state index contributed by atoms with van der Waals surface area (Å²) >= 11 is 1.78. The molecule has 2 rings (SSSR count). The minimum atomic E-state index is 0.730. The van der Waals surface area contributed by atoms with Crippen LogP contribution in [0.25, 0.3) is 0 Å². The lowest BCUT2D eigenvalue weighted by molar-refractivity contribution is 0.175. The maximum atomic E-state index is 5.32. The Morgan fingerprint density at radius 1 is 1.47 bits per heavy atom. The van der Waals surface area contributed by atoms with Crippen LogP contribution >= 0.6 is 11.9 Å². The first kappa shape index (κ1) is 10.8. The summed E-state index contributed by atoms with van der Waals surface area (Å²) in [4.78, 5) is 1.30. The number of anilines is 1. The van der Waals surface area contributed by atoms with E-state index < -0.39 is 0 Å². The van der Waals surface area contributed by atoms with Gasteiger partial charge in [0.05, 0.1) is 6.61 Å². The van der Waals surface area contributed by atoms with Crippen molar-refractivity contribution in [1.29, 1.82) is 0 Å². The standard InChI is InChI=1S/C11H16N2OS/c1-9-3-4-10(12-2)7-11(9)15-13-5-6-14-8-13/h3-4,7,12H,5-6,8H2,1-2H3. The Labute approximate surface area is 94.9 Å². The first-order chi connectivity index (χ1) is 7.29. The summed E-state index contributed by atoms with van der Waals surface area (Å²) in [5, 5.41) is 3.16. The summed E-state index contributed by atoms with van der Waals surface area (Å²) < 4.78 is 7.55. The number of benzene rings is 1. The number of ether oxygens (including phenoxy) is 1. The van der Waals surface area contributed by atoms with Gasteiger partial charge in [0, 0.05) is 24.2 Å². The highest BCUT2D eigenvalue weighted by molar-refractivity contribution is 7.97. The minimum absolute atomic E-state index is 0.730. The Hall–Kier alpha value is -0.710. The van der Waals surface area contributed by atoms with Gasteiger partial charge in [0.2, 0.25) is 0 Å². The lowest BCUT2D eigenvalue weighted by atomic mass is 10.2. The minimum Gasteiger partial charge on any atom is -0.388 e. The molecular weight excluding hydrogens is 208 g/mol. The monoisotopic (exact) mass is 224 g/mol. The number of nitrogens with one attached hydrogen (secondary N) is 1. The molecule has 0 radical (unpaired) electrons. The molecular formula is C11H16N2OS. The lowest BCUT2D eigenvalue weighted by Crippen LogP contribution is -2.10. The third-order valence-electron chi connectivity index (χ3n) is 2.42. The molecule has 1 aromatic rings. The molecule has 1 aliphatic rings. The Bertz CT molecular complexity index is 337. The summed E-state index contributed by atoms with van der Waals surface area (Å²) in [6.07, 6.45) is 0. The largest absolute Gasteiger partial charge is 0.388 e. The van der Waals surface area contributed by atoms with E-state index in [0.717, 1.165) is 25.6 Å². The fourth-order valence-electron chi connectivity index (χ4n) is 1.46. The van der Waals surface area contributed by atoms with Crippen molar-refractivity contribution >= 4 is 17.6 Å². The SMILES string of the molecule is CNc1ccc(C)c(SN2CCOC2)c1. The summed E-state index contributed by atoms with van der Waals surface area (Å²) in [7, 11) is 1.94. The Kier molecular flexibility index (Phi) is 3.51. The Balaban J connectivity index is 2.11. The van der Waals surface area contributed by atoms with Crippen LogP contribution in [0.5, 0.6) is 0 Å². The molecule has 1 aromatic carbocycles. The van der Waals surface area contributed by atoms with Crippen LogP contribution in [0.3, 0.4) is 0 Å². The topological polar surface area (TPSA) is 24.5 Å². The van der Waals surface area contributed by atoms with Crippen LogP contribution in [0.15, 0.2) is 23.1 Å². The molecule has 0 aliphatic carbocycles. The Morgan fingerprint density at radius 2 is 2.33 bits per heavy atom. The fraction of sp³-hybridized carbons (Fsp3) is 0.455. The van der Waals surface area contributed by atoms with E-state index in [2.05, 4.69) is 34.7 Å². The molecule has 1 heterocycles. The van der Waals surface area contributed by atoms with Crippen molar-refractivity contribution < 1.29 is 4.74 Å². The highest BCUT2D eigenvalue weighted by Crippen LogP contribution is 2.29. The van der Waals surface area contributed by atoms with Crippen molar-refractivity contribution in [2.24, 2.45) is 0 Å². The highest BCUT2D eigenvalue weighted by Gasteiger charge is 2.14. The lowest BCUT2D eigenvalue weighted by Gasteiger charge is -2.14. The molecule has 15 heavy (non-hydrogen) atoms. The zero-order valence-electron chi connectivity index (χ0n) is 9.12. The highest BCUT2D eigenvalue weighted by atomic mass is 32.2. The van der Waals surface area contributed by atoms with E-state index >= 15 is 0 Å². The molecule has 0 spiro atoms. The molecule has 0 saturated carbocycles. The van der Waals surface area contributed by atoms with Crippen molar-refractivity contribution in [3.05, 3.63) is 23.8 Å². The Morgan fingerprint density at radius 3 is 3.00 bits per heavy atom. The van der Waals surface area contributed by atoms with Gasteiger partial charge >= 0.3 is 0 Å². The van der Waals surface area contributed by atoms with Crippen molar-refractivity contribution in [1.82, 2.24) is 4.31 Å². The van der Waals surface area contributed by atoms with Gasteiger partial charge in [-0.3, -0.25) is 0 Å². The first-order valence-corrected chi connectivity index (χ1v) is 5.86. The summed E-state index contributed by atoms with van der Waals surface area (Å²) in [6.45, 7) is 4.72. The van der Waals surface area contributed by atoms with Gasteiger partial charge in [0.15, 0.2) is 0 Å². The molecule has 1 saturated heterocycles. The van der Waals surface area contributed by atoms with Gasteiger partial charge < -0.3 is 10.1 Å². The van der Waals surface area contributed by atoms with Crippen LogP contribution in [0.4, 0.5) is 5.69 Å². The third kappa shape index (κ3) is 2.65. The second kappa shape index (κ2) is 4.88. The molecule has 0 bridgehead atoms. The van der Waals surface area contributed by atoms with Gasteiger partial charge in [-0.15, -0.1) is 0 Å². The van der Waals surface area contributed by atoms with Gasteiger partial charge in [0.1, 0.15) is 6.73 Å². The number of hydrogen-bond donors (Lipinski definition) is 1. The number of hydrogen-bond acceptors (Lipinski definition) is 4. The molecule has 0 unspecified atom stereocenters.